The molecule has 0 atom stereocenters. The minimum absolute atomic E-state index is 0.0372. The molecule has 1 amide bonds. The van der Waals surface area contributed by atoms with Gasteiger partial charge in [-0.05, 0) is 42.5 Å². The van der Waals surface area contributed by atoms with Gasteiger partial charge in [0, 0.05) is 23.7 Å². The first-order chi connectivity index (χ1) is 15.3. The highest BCUT2D eigenvalue weighted by molar-refractivity contribution is 7.89. The molecule has 8 nitrogen and oxygen atoms in total. The molecule has 3 rings (SSSR count). The van der Waals surface area contributed by atoms with E-state index in [2.05, 4.69) is 28.7 Å². The molecule has 11 heteroatoms. The predicted octanol–water partition coefficient (Wildman–Crippen LogP) is 4.66. The second kappa shape index (κ2) is 10.1. The molecule has 166 valence electrons. The third-order valence-corrected chi connectivity index (χ3v) is 6.62. The van der Waals surface area contributed by atoms with E-state index in [0.29, 0.717) is 15.6 Å². The highest BCUT2D eigenvalue weighted by Gasteiger charge is 2.23. The lowest BCUT2D eigenvalue weighted by Gasteiger charge is -2.19. The highest BCUT2D eigenvalue weighted by Crippen LogP contribution is 2.30. The Balaban J connectivity index is 1.75. The van der Waals surface area contributed by atoms with Crippen LogP contribution in [-0.2, 0) is 10.0 Å². The van der Waals surface area contributed by atoms with E-state index in [1.165, 1.54) is 46.8 Å². The number of carbonyl (C=O) groups excluding carboxylic acids is 1. The molecular formula is C21H18Cl2N4O4S. The van der Waals surface area contributed by atoms with Crippen molar-refractivity contribution in [3.63, 3.8) is 0 Å². The van der Waals surface area contributed by atoms with Crippen molar-refractivity contribution in [2.45, 2.75) is 4.90 Å². The van der Waals surface area contributed by atoms with Crippen molar-refractivity contribution in [2.75, 3.05) is 18.4 Å². The van der Waals surface area contributed by atoms with Crippen molar-refractivity contribution >= 4 is 45.1 Å². The van der Waals surface area contributed by atoms with Crippen molar-refractivity contribution < 1.29 is 17.6 Å². The molecule has 3 aromatic rings. The topological polar surface area (TPSA) is 105 Å². The summed E-state index contributed by atoms with van der Waals surface area (Å²) in [5.74, 6) is -0.451. The van der Waals surface area contributed by atoms with Crippen LogP contribution in [0.4, 0.5) is 6.01 Å². The van der Waals surface area contributed by atoms with Crippen LogP contribution in [0.5, 0.6) is 0 Å². The van der Waals surface area contributed by atoms with Crippen LogP contribution in [0.1, 0.15) is 10.4 Å². The molecule has 0 aliphatic rings. The Morgan fingerprint density at radius 2 is 1.72 bits per heavy atom. The van der Waals surface area contributed by atoms with Gasteiger partial charge in [0.2, 0.25) is 10.0 Å². The number of benzene rings is 2. The molecule has 0 saturated carbocycles. The molecule has 0 aliphatic carbocycles. The summed E-state index contributed by atoms with van der Waals surface area (Å²) in [4.78, 5) is 12.5. The van der Waals surface area contributed by atoms with Gasteiger partial charge in [-0.25, -0.2) is 8.42 Å². The Labute approximate surface area is 195 Å². The number of halogens is 2. The third-order valence-electron chi connectivity index (χ3n) is 4.23. The zero-order valence-corrected chi connectivity index (χ0v) is 19.0. The fraction of sp³-hybridized carbons (Fsp3) is 0.0952. The Hall–Kier alpha value is -2.98. The third kappa shape index (κ3) is 5.25. The minimum atomic E-state index is -3.76. The smallest absolute Gasteiger partial charge is 0.322 e. The standard InChI is InChI=1S/C21H18Cl2N4O4S/c1-3-11-27(12-4-2)32(29,30)16-8-5-14(6-9-16)19(28)24-21-26-25-20(31-21)17-10-7-15(22)13-18(17)23/h3-10,13H,1-2,11-12H2,(H,24,26,28). The first kappa shape index (κ1) is 23.7. The number of anilines is 1. The summed E-state index contributed by atoms with van der Waals surface area (Å²) >= 11 is 12.0. The van der Waals surface area contributed by atoms with Gasteiger partial charge in [0.15, 0.2) is 0 Å². The van der Waals surface area contributed by atoms with Gasteiger partial charge >= 0.3 is 6.01 Å². The lowest BCUT2D eigenvalue weighted by Crippen LogP contribution is -2.31. The number of sulfonamides is 1. The molecule has 1 aromatic heterocycles. The fourth-order valence-electron chi connectivity index (χ4n) is 2.70. The van der Waals surface area contributed by atoms with E-state index < -0.39 is 15.9 Å². The number of aromatic nitrogens is 2. The highest BCUT2D eigenvalue weighted by atomic mass is 35.5. The van der Waals surface area contributed by atoms with E-state index in [1.807, 2.05) is 0 Å². The molecule has 0 spiro atoms. The van der Waals surface area contributed by atoms with E-state index in [-0.39, 0.29) is 35.5 Å². The number of nitrogens with one attached hydrogen (secondary N) is 1. The molecule has 0 saturated heterocycles. The maximum Gasteiger partial charge on any atom is 0.322 e. The molecule has 32 heavy (non-hydrogen) atoms. The van der Waals surface area contributed by atoms with Gasteiger partial charge in [-0.1, -0.05) is 40.5 Å². The van der Waals surface area contributed by atoms with Crippen LogP contribution < -0.4 is 5.32 Å². The molecule has 1 N–H and O–H groups in total. The average Bonchev–Trinajstić information content (AvgIpc) is 3.21. The van der Waals surface area contributed by atoms with Gasteiger partial charge in [-0.3, -0.25) is 10.1 Å². The SMILES string of the molecule is C=CCN(CC=C)S(=O)(=O)c1ccc(C(=O)Nc2nnc(-c3ccc(Cl)cc3Cl)o2)cc1. The van der Waals surface area contributed by atoms with E-state index in [9.17, 15) is 13.2 Å². The second-order valence-corrected chi connectivity index (χ2v) is 9.20. The molecule has 0 aliphatic heterocycles. The van der Waals surface area contributed by atoms with Crippen molar-refractivity contribution in [1.29, 1.82) is 0 Å². The Kier molecular flexibility index (Phi) is 7.47. The first-order valence-electron chi connectivity index (χ1n) is 9.18. The van der Waals surface area contributed by atoms with Crippen molar-refractivity contribution in [2.24, 2.45) is 0 Å². The van der Waals surface area contributed by atoms with Crippen molar-refractivity contribution in [3.05, 3.63) is 83.4 Å². The van der Waals surface area contributed by atoms with Crippen LogP contribution in [0.25, 0.3) is 11.5 Å². The van der Waals surface area contributed by atoms with Crippen LogP contribution in [0.2, 0.25) is 10.0 Å². The Morgan fingerprint density at radius 1 is 1.06 bits per heavy atom. The lowest BCUT2D eigenvalue weighted by molar-refractivity contribution is 0.102. The number of rotatable bonds is 9. The number of amides is 1. The lowest BCUT2D eigenvalue weighted by atomic mass is 10.2. The van der Waals surface area contributed by atoms with Crippen molar-refractivity contribution in [3.8, 4) is 11.5 Å². The van der Waals surface area contributed by atoms with Crippen molar-refractivity contribution in [1.82, 2.24) is 14.5 Å². The number of hydrogen-bond acceptors (Lipinski definition) is 6. The average molecular weight is 493 g/mol. The van der Waals surface area contributed by atoms with E-state index in [4.69, 9.17) is 27.6 Å². The van der Waals surface area contributed by atoms with Gasteiger partial charge in [-0.2, -0.15) is 4.31 Å². The van der Waals surface area contributed by atoms with Gasteiger partial charge in [0.1, 0.15) is 0 Å². The van der Waals surface area contributed by atoms with E-state index >= 15 is 0 Å². The van der Waals surface area contributed by atoms with Crippen LogP contribution >= 0.6 is 23.2 Å². The van der Waals surface area contributed by atoms with Gasteiger partial charge in [0.05, 0.1) is 15.5 Å². The summed E-state index contributed by atoms with van der Waals surface area (Å²) in [6, 6.07) is 10.1. The number of nitrogens with zero attached hydrogens (tertiary/aromatic N) is 3. The second-order valence-electron chi connectivity index (χ2n) is 6.41. The number of carbonyl (C=O) groups is 1. The summed E-state index contributed by atoms with van der Waals surface area (Å²) in [6.07, 6.45) is 2.97. The summed E-state index contributed by atoms with van der Waals surface area (Å²) < 4.78 is 32.2. The van der Waals surface area contributed by atoms with Crippen LogP contribution in [0.15, 0.2) is 77.1 Å². The van der Waals surface area contributed by atoms with E-state index in [1.54, 1.807) is 12.1 Å². The summed E-state index contributed by atoms with van der Waals surface area (Å²) in [6.45, 7) is 7.41. The summed E-state index contributed by atoms with van der Waals surface area (Å²) in [7, 11) is -3.76. The molecule has 1 heterocycles. The normalized spacial score (nSPS) is 11.3. The van der Waals surface area contributed by atoms with Crippen LogP contribution in [0.3, 0.4) is 0 Å². The monoisotopic (exact) mass is 492 g/mol. The van der Waals surface area contributed by atoms with Crippen LogP contribution in [0, 0.1) is 0 Å². The zero-order valence-electron chi connectivity index (χ0n) is 16.7. The molecule has 0 unspecified atom stereocenters. The fourth-order valence-corrected chi connectivity index (χ4v) is 4.57. The van der Waals surface area contributed by atoms with Crippen LogP contribution in [-0.4, -0.2) is 41.9 Å². The predicted molar refractivity (Wildman–Crippen MR) is 123 cm³/mol. The molecule has 2 aromatic carbocycles. The quantitative estimate of drug-likeness (QED) is 0.435. The van der Waals surface area contributed by atoms with Gasteiger partial charge < -0.3 is 4.42 Å². The van der Waals surface area contributed by atoms with E-state index in [0.717, 1.165) is 0 Å². The molecular weight excluding hydrogens is 475 g/mol. The Morgan fingerprint density at radius 3 is 2.31 bits per heavy atom. The molecule has 0 bridgehead atoms. The Bertz CT molecular complexity index is 1250. The summed E-state index contributed by atoms with van der Waals surface area (Å²) in [5.41, 5.74) is 0.662. The van der Waals surface area contributed by atoms with Gasteiger partial charge in [-0.15, -0.1) is 18.3 Å². The maximum absolute atomic E-state index is 12.7. The summed E-state index contributed by atoms with van der Waals surface area (Å²) in [5, 5.41) is 10.9. The largest absolute Gasteiger partial charge is 0.403 e. The maximum atomic E-state index is 12.7. The molecule has 0 radical (unpaired) electrons. The first-order valence-corrected chi connectivity index (χ1v) is 11.4. The number of hydrogen-bond donors (Lipinski definition) is 1. The zero-order chi connectivity index (χ0) is 23.3. The molecule has 0 fully saturated rings. The minimum Gasteiger partial charge on any atom is -0.403 e. The van der Waals surface area contributed by atoms with Gasteiger partial charge in [0.25, 0.3) is 11.8 Å².